The zero-order valence-corrected chi connectivity index (χ0v) is 26.5. The fraction of sp³-hybridized carbons (Fsp3) is 0.393. The number of nitrogens with one attached hydrogen (secondary N) is 1. The molecule has 0 radical (unpaired) electrons. The Hall–Kier alpha value is -2.21. The molecule has 0 aliphatic carbocycles. The predicted octanol–water partition coefficient (Wildman–Crippen LogP) is 0.119. The van der Waals surface area contributed by atoms with E-state index >= 15 is 0 Å². The molecule has 198 valence electrons. The quantitative estimate of drug-likeness (QED) is 0.322. The summed E-state index contributed by atoms with van der Waals surface area (Å²) in [5.74, 6) is -0.520. The first-order valence-corrected chi connectivity index (χ1v) is 12.4. The van der Waals surface area contributed by atoms with Crippen LogP contribution >= 0.6 is 0 Å². The van der Waals surface area contributed by atoms with E-state index in [-0.39, 0.29) is 68.9 Å². The van der Waals surface area contributed by atoms with Gasteiger partial charge in [-0.2, -0.15) is 5.10 Å². The summed E-state index contributed by atoms with van der Waals surface area (Å²) in [6.07, 6.45) is 0. The Morgan fingerprint density at radius 2 is 1.68 bits per heavy atom. The molecule has 2 aromatic carbocycles. The number of carbonyl (C=O) groups is 2. The average molecular weight is 547 g/mol. The van der Waals surface area contributed by atoms with Gasteiger partial charge in [0.1, 0.15) is 17.2 Å². The van der Waals surface area contributed by atoms with E-state index < -0.39 is 5.97 Å². The van der Waals surface area contributed by atoms with E-state index in [1.54, 1.807) is 30.3 Å². The number of rotatable bonds is 12. The van der Waals surface area contributed by atoms with Crippen LogP contribution in [-0.2, 0) is 0 Å². The van der Waals surface area contributed by atoms with Gasteiger partial charge >= 0.3 is 51.4 Å². The second kappa shape index (κ2) is 14.8. The van der Waals surface area contributed by atoms with Crippen LogP contribution in [0.2, 0.25) is 0 Å². The van der Waals surface area contributed by atoms with Gasteiger partial charge in [0.2, 0.25) is 0 Å². The van der Waals surface area contributed by atoms with Crippen LogP contribution in [0.3, 0.4) is 0 Å². The summed E-state index contributed by atoms with van der Waals surface area (Å²) in [7, 11) is 3.06. The van der Waals surface area contributed by atoms with Gasteiger partial charge in [0, 0.05) is 18.7 Å². The van der Waals surface area contributed by atoms with Gasteiger partial charge in [0.15, 0.2) is 0 Å². The van der Waals surface area contributed by atoms with Crippen molar-refractivity contribution in [3.8, 4) is 28.4 Å². The SMILES string of the molecule is CCN(CC)CCNC(=O)c1ccc(-n2nc(C(=O)[O-])cc2-c2c(OC)cccc2OC)cc1C(C)C.[K+]. The Bertz CT molecular complexity index is 1230. The largest absolute Gasteiger partial charge is 1.00 e. The van der Waals surface area contributed by atoms with Crippen LogP contribution in [0, 0.1) is 0 Å². The number of hydrogen-bond donors (Lipinski definition) is 1. The van der Waals surface area contributed by atoms with Crippen molar-refractivity contribution in [2.24, 2.45) is 0 Å². The Morgan fingerprint density at radius 3 is 2.21 bits per heavy atom. The van der Waals surface area contributed by atoms with Gasteiger partial charge in [0.05, 0.1) is 37.1 Å². The van der Waals surface area contributed by atoms with Gasteiger partial charge in [-0.25, -0.2) is 4.68 Å². The molecular formula is C28H35KN4O5. The molecule has 0 fully saturated rings. The fourth-order valence-corrected chi connectivity index (χ4v) is 4.29. The van der Waals surface area contributed by atoms with Crippen molar-refractivity contribution >= 4 is 11.9 Å². The molecule has 9 nitrogen and oxygen atoms in total. The van der Waals surface area contributed by atoms with E-state index in [4.69, 9.17) is 9.47 Å². The van der Waals surface area contributed by atoms with Crippen molar-refractivity contribution in [3.05, 3.63) is 59.3 Å². The van der Waals surface area contributed by atoms with Crippen LogP contribution in [0.15, 0.2) is 42.5 Å². The number of carboxylic acid groups (broad SMARTS) is 1. The van der Waals surface area contributed by atoms with E-state index in [2.05, 4.69) is 29.2 Å². The number of benzene rings is 2. The second-order valence-electron chi connectivity index (χ2n) is 8.86. The van der Waals surface area contributed by atoms with Crippen molar-refractivity contribution in [3.63, 3.8) is 0 Å². The first-order valence-electron chi connectivity index (χ1n) is 12.4. The summed E-state index contributed by atoms with van der Waals surface area (Å²) in [6, 6.07) is 12.1. The van der Waals surface area contributed by atoms with Crippen LogP contribution in [-0.4, -0.2) is 67.0 Å². The maximum absolute atomic E-state index is 13.1. The van der Waals surface area contributed by atoms with Gasteiger partial charge in [-0.05, 0) is 61.0 Å². The maximum atomic E-state index is 13.1. The minimum atomic E-state index is -1.40. The van der Waals surface area contributed by atoms with E-state index in [1.807, 2.05) is 19.9 Å². The second-order valence-corrected chi connectivity index (χ2v) is 8.86. The number of carbonyl (C=O) groups excluding carboxylic acids is 2. The molecule has 1 aromatic heterocycles. The number of carboxylic acids is 1. The topological polar surface area (TPSA) is 109 Å². The minimum Gasteiger partial charge on any atom is -0.543 e. The standard InChI is InChI=1S/C28H36N4O5.K/c1-7-31(8-2)15-14-29-27(33)20-13-12-19(16-21(20)18(3)4)32-23(17-22(30-32)28(34)35)26-24(36-5)10-9-11-25(26)37-6;/h9-13,16-18H,7-8,14-15H2,1-6H3,(H,29,33)(H,34,35);/q;+1/p-1. The van der Waals surface area contributed by atoms with Gasteiger partial charge in [-0.3, -0.25) is 4.79 Å². The van der Waals surface area contributed by atoms with Crippen molar-refractivity contribution in [1.82, 2.24) is 20.0 Å². The van der Waals surface area contributed by atoms with E-state index in [9.17, 15) is 14.7 Å². The summed E-state index contributed by atoms with van der Waals surface area (Å²) < 4.78 is 12.6. The van der Waals surface area contributed by atoms with Crippen molar-refractivity contribution in [2.45, 2.75) is 33.6 Å². The van der Waals surface area contributed by atoms with Crippen LogP contribution in [0.1, 0.15) is 60.0 Å². The summed E-state index contributed by atoms with van der Waals surface area (Å²) in [5.41, 5.74) is 2.77. The normalized spacial score (nSPS) is 10.8. The van der Waals surface area contributed by atoms with E-state index in [0.717, 1.165) is 25.2 Å². The number of hydrogen-bond acceptors (Lipinski definition) is 7. The number of aromatic carboxylic acids is 1. The zero-order chi connectivity index (χ0) is 27.1. The number of nitrogens with zero attached hydrogens (tertiary/aromatic N) is 3. The Kier molecular flexibility index (Phi) is 12.5. The molecule has 0 aliphatic heterocycles. The third kappa shape index (κ3) is 7.25. The molecule has 0 atom stereocenters. The number of ether oxygens (including phenoxy) is 2. The molecular weight excluding hydrogens is 511 g/mol. The van der Waals surface area contributed by atoms with Gasteiger partial charge in [-0.1, -0.05) is 33.8 Å². The van der Waals surface area contributed by atoms with Crippen LogP contribution in [0.5, 0.6) is 11.5 Å². The van der Waals surface area contributed by atoms with Gasteiger partial charge in [-0.15, -0.1) is 0 Å². The molecule has 0 bridgehead atoms. The van der Waals surface area contributed by atoms with E-state index in [0.29, 0.717) is 40.6 Å². The molecule has 0 saturated heterocycles. The molecule has 1 heterocycles. The summed E-state index contributed by atoms with van der Waals surface area (Å²) in [6.45, 7) is 11.4. The van der Waals surface area contributed by atoms with Crippen LogP contribution in [0.4, 0.5) is 0 Å². The summed E-state index contributed by atoms with van der Waals surface area (Å²) in [4.78, 5) is 27.0. The van der Waals surface area contributed by atoms with Crippen LogP contribution in [0.25, 0.3) is 16.9 Å². The molecule has 1 amide bonds. The average Bonchev–Trinajstić information content (AvgIpc) is 3.35. The van der Waals surface area contributed by atoms with Gasteiger partial charge < -0.3 is 29.6 Å². The molecule has 38 heavy (non-hydrogen) atoms. The summed E-state index contributed by atoms with van der Waals surface area (Å²) in [5, 5.41) is 19.1. The Morgan fingerprint density at radius 1 is 1.05 bits per heavy atom. The monoisotopic (exact) mass is 546 g/mol. The minimum absolute atomic E-state index is 0. The molecule has 0 aliphatic rings. The maximum Gasteiger partial charge on any atom is 1.00 e. The molecule has 1 N–H and O–H groups in total. The smallest absolute Gasteiger partial charge is 0.543 e. The van der Waals surface area contributed by atoms with Gasteiger partial charge in [0.25, 0.3) is 5.91 Å². The molecule has 0 unspecified atom stereocenters. The van der Waals surface area contributed by atoms with Crippen LogP contribution < -0.4 is 71.3 Å². The first kappa shape index (κ1) is 32.0. The third-order valence-electron chi connectivity index (χ3n) is 6.36. The summed E-state index contributed by atoms with van der Waals surface area (Å²) >= 11 is 0. The third-order valence-corrected chi connectivity index (χ3v) is 6.36. The van der Waals surface area contributed by atoms with Crippen molar-refractivity contribution < 1.29 is 75.6 Å². The number of likely N-dealkylation sites (N-methyl/N-ethyl adjacent to an activating group) is 1. The molecule has 0 saturated carbocycles. The molecule has 0 spiro atoms. The fourth-order valence-electron chi connectivity index (χ4n) is 4.29. The van der Waals surface area contributed by atoms with E-state index in [1.165, 1.54) is 25.0 Å². The Labute approximate surface area is 266 Å². The van der Waals surface area contributed by atoms with Crippen molar-refractivity contribution in [1.29, 1.82) is 0 Å². The molecule has 3 rings (SSSR count). The number of amides is 1. The number of aromatic nitrogens is 2. The van der Waals surface area contributed by atoms with Crippen molar-refractivity contribution in [2.75, 3.05) is 40.4 Å². The zero-order valence-electron chi connectivity index (χ0n) is 23.3. The number of methoxy groups -OCH3 is 2. The molecule has 10 heteroatoms. The first-order chi connectivity index (χ1) is 17.7. The molecule has 3 aromatic rings. The predicted molar refractivity (Wildman–Crippen MR) is 141 cm³/mol. The Balaban J connectivity index is 0.00000507.